The molecule has 1 aliphatic rings. The Morgan fingerprint density at radius 2 is 2.00 bits per heavy atom. The topological polar surface area (TPSA) is 35.5 Å². The zero-order valence-electron chi connectivity index (χ0n) is 12.8. The summed E-state index contributed by atoms with van der Waals surface area (Å²) in [5.41, 5.74) is 0. The number of ketones is 1. The second-order valence-corrected chi connectivity index (χ2v) is 14.2. The van der Waals surface area contributed by atoms with E-state index in [-0.39, 0.29) is 33.6 Å². The Kier molecular flexibility index (Phi) is 5.96. The molecule has 114 valence electrons. The van der Waals surface area contributed by atoms with E-state index in [1.54, 1.807) is 0 Å². The van der Waals surface area contributed by atoms with E-state index in [1.165, 1.54) is 4.46 Å². The van der Waals surface area contributed by atoms with Crippen LogP contribution in [0.3, 0.4) is 0 Å². The monoisotopic (exact) mass is 370 g/mol. The van der Waals surface area contributed by atoms with Gasteiger partial charge in [0.25, 0.3) is 0 Å². The molecule has 1 unspecified atom stereocenters. The first kappa shape index (κ1) is 16.7. The number of ether oxygens (including phenoxy) is 2. The quantitative estimate of drug-likeness (QED) is 0.721. The van der Waals surface area contributed by atoms with Gasteiger partial charge in [-0.3, -0.25) is 0 Å². The standard InChI is InChI=1S/C16H22O3SeSi/c1-21(2,3)10-9-18-16-11-15(14(17)12-19-16)20-13-7-5-4-6-8-13/h4-8,11,16H,9-10,12H2,1-3H3. The van der Waals surface area contributed by atoms with Crippen LogP contribution in [-0.2, 0) is 14.3 Å². The molecule has 1 aliphatic heterocycles. The minimum atomic E-state index is -1.10. The fraction of sp³-hybridized carbons (Fsp3) is 0.438. The Morgan fingerprint density at radius 1 is 1.29 bits per heavy atom. The van der Waals surface area contributed by atoms with Crippen LogP contribution in [0.25, 0.3) is 0 Å². The molecule has 1 atom stereocenters. The zero-order chi connectivity index (χ0) is 15.3. The van der Waals surface area contributed by atoms with E-state index in [4.69, 9.17) is 9.47 Å². The third-order valence-corrected chi connectivity index (χ3v) is 7.04. The molecule has 0 aromatic heterocycles. The van der Waals surface area contributed by atoms with Crippen molar-refractivity contribution in [1.82, 2.24) is 0 Å². The molecule has 21 heavy (non-hydrogen) atoms. The van der Waals surface area contributed by atoms with Crippen molar-refractivity contribution in [2.45, 2.75) is 32.0 Å². The van der Waals surface area contributed by atoms with Crippen LogP contribution in [0.1, 0.15) is 0 Å². The fourth-order valence-electron chi connectivity index (χ4n) is 1.78. The van der Waals surface area contributed by atoms with Crippen molar-refractivity contribution in [2.75, 3.05) is 13.2 Å². The normalized spacial score (nSPS) is 19.5. The Bertz CT molecular complexity index is 508. The summed E-state index contributed by atoms with van der Waals surface area (Å²) in [6.07, 6.45) is 1.50. The Hall–Kier alpha value is -0.714. The van der Waals surface area contributed by atoms with E-state index in [9.17, 15) is 4.79 Å². The molecule has 0 amide bonds. The number of Topliss-reactive ketones (excluding diaryl/α,β-unsaturated/α-hetero) is 1. The van der Waals surface area contributed by atoms with Crippen LogP contribution in [-0.4, -0.2) is 48.3 Å². The predicted molar refractivity (Wildman–Crippen MR) is 88.8 cm³/mol. The number of hydrogen-bond acceptors (Lipinski definition) is 3. The Morgan fingerprint density at radius 3 is 2.67 bits per heavy atom. The number of benzene rings is 1. The molecule has 0 fully saturated rings. The van der Waals surface area contributed by atoms with Gasteiger partial charge >= 0.3 is 134 Å². The molecular weight excluding hydrogens is 347 g/mol. The van der Waals surface area contributed by atoms with Gasteiger partial charge in [-0.2, -0.15) is 0 Å². The number of rotatable bonds is 6. The molecule has 3 nitrogen and oxygen atoms in total. The minimum absolute atomic E-state index is 0.0303. The van der Waals surface area contributed by atoms with Crippen LogP contribution >= 0.6 is 0 Å². The van der Waals surface area contributed by atoms with Crippen LogP contribution in [0.4, 0.5) is 0 Å². The average Bonchev–Trinajstić information content (AvgIpc) is 2.42. The third kappa shape index (κ3) is 5.89. The second kappa shape index (κ2) is 7.52. The first-order chi connectivity index (χ1) is 9.94. The molecule has 0 aliphatic carbocycles. The van der Waals surface area contributed by atoms with Gasteiger partial charge in [0.1, 0.15) is 0 Å². The molecule has 0 radical (unpaired) electrons. The summed E-state index contributed by atoms with van der Waals surface area (Å²) in [4.78, 5) is 12.0. The number of carbonyl (C=O) groups is 1. The first-order valence-corrected chi connectivity index (χ1v) is 12.6. The van der Waals surface area contributed by atoms with E-state index >= 15 is 0 Å². The van der Waals surface area contributed by atoms with Crippen LogP contribution in [0.5, 0.6) is 0 Å². The van der Waals surface area contributed by atoms with Crippen LogP contribution < -0.4 is 4.46 Å². The molecule has 2 rings (SSSR count). The summed E-state index contributed by atoms with van der Waals surface area (Å²) in [5, 5.41) is 0. The van der Waals surface area contributed by atoms with Crippen molar-refractivity contribution in [2.24, 2.45) is 0 Å². The summed E-state index contributed by atoms with van der Waals surface area (Å²) < 4.78 is 13.3. The van der Waals surface area contributed by atoms with Gasteiger partial charge in [0.15, 0.2) is 0 Å². The van der Waals surface area contributed by atoms with Crippen molar-refractivity contribution in [3.63, 3.8) is 0 Å². The molecule has 0 bridgehead atoms. The third-order valence-electron chi connectivity index (χ3n) is 3.05. The van der Waals surface area contributed by atoms with Gasteiger partial charge in [0.05, 0.1) is 0 Å². The van der Waals surface area contributed by atoms with Gasteiger partial charge in [-0.1, -0.05) is 0 Å². The maximum absolute atomic E-state index is 12.0. The molecule has 1 aromatic carbocycles. The van der Waals surface area contributed by atoms with Crippen LogP contribution in [0.15, 0.2) is 40.9 Å². The second-order valence-electron chi connectivity index (χ2n) is 6.23. The summed E-state index contributed by atoms with van der Waals surface area (Å²) in [6, 6.07) is 11.2. The van der Waals surface area contributed by atoms with Gasteiger partial charge in [-0.15, -0.1) is 0 Å². The van der Waals surface area contributed by atoms with Crippen molar-refractivity contribution in [3.05, 3.63) is 40.9 Å². The van der Waals surface area contributed by atoms with Crippen LogP contribution in [0.2, 0.25) is 25.7 Å². The molecule has 0 N–H and O–H groups in total. The number of carbonyl (C=O) groups excluding carboxylic acids is 1. The summed E-state index contributed by atoms with van der Waals surface area (Å²) >= 11 is 0.0303. The predicted octanol–water partition coefficient (Wildman–Crippen LogP) is 2.18. The SMILES string of the molecule is C[Si](C)(C)CCOC1C=C([Se]c2ccccc2)C(=O)CO1. The van der Waals surface area contributed by atoms with E-state index in [1.807, 2.05) is 24.3 Å². The molecule has 5 heteroatoms. The average molecular weight is 369 g/mol. The van der Waals surface area contributed by atoms with E-state index in [2.05, 4.69) is 31.8 Å². The number of hydrogen-bond donors (Lipinski definition) is 0. The van der Waals surface area contributed by atoms with Crippen molar-refractivity contribution in [1.29, 1.82) is 0 Å². The molecule has 0 saturated heterocycles. The molecule has 1 aromatic rings. The van der Waals surface area contributed by atoms with Gasteiger partial charge in [0, 0.05) is 0 Å². The molecular formula is C16H22O3SeSi. The summed E-state index contributed by atoms with van der Waals surface area (Å²) in [6.45, 7) is 7.80. The van der Waals surface area contributed by atoms with Crippen molar-refractivity contribution in [3.8, 4) is 0 Å². The molecule has 0 spiro atoms. The zero-order valence-corrected chi connectivity index (χ0v) is 15.5. The van der Waals surface area contributed by atoms with Crippen molar-refractivity contribution >= 4 is 33.3 Å². The van der Waals surface area contributed by atoms with E-state index in [0.29, 0.717) is 6.61 Å². The summed E-state index contributed by atoms with van der Waals surface area (Å²) in [7, 11) is -1.10. The molecule has 1 heterocycles. The van der Waals surface area contributed by atoms with Gasteiger partial charge in [-0.25, -0.2) is 0 Å². The summed E-state index contributed by atoms with van der Waals surface area (Å²) in [5.74, 6) is 0.0869. The van der Waals surface area contributed by atoms with Crippen molar-refractivity contribution < 1.29 is 14.3 Å². The van der Waals surface area contributed by atoms with E-state index in [0.717, 1.165) is 10.5 Å². The van der Waals surface area contributed by atoms with Gasteiger partial charge < -0.3 is 0 Å². The van der Waals surface area contributed by atoms with Gasteiger partial charge in [0.2, 0.25) is 0 Å². The first-order valence-electron chi connectivity index (χ1n) is 7.15. The van der Waals surface area contributed by atoms with E-state index < -0.39 is 8.07 Å². The van der Waals surface area contributed by atoms with Crippen LogP contribution in [0, 0.1) is 0 Å². The Balaban J connectivity index is 1.94. The fourth-order valence-corrected chi connectivity index (χ4v) is 4.39. The Labute approximate surface area is 133 Å². The maximum atomic E-state index is 12.0. The van der Waals surface area contributed by atoms with Gasteiger partial charge in [-0.05, 0) is 0 Å². The molecule has 0 saturated carbocycles.